The maximum atomic E-state index is 13.1. The largest absolute Gasteiger partial charge is 0.490 e. The lowest BCUT2D eigenvalue weighted by Crippen LogP contribution is -2.36. The Morgan fingerprint density at radius 2 is 1.92 bits per heavy atom. The van der Waals surface area contributed by atoms with Crippen LogP contribution in [-0.2, 0) is 4.74 Å². The summed E-state index contributed by atoms with van der Waals surface area (Å²) in [7, 11) is 0. The average molecular weight is 507 g/mol. The van der Waals surface area contributed by atoms with Crippen molar-refractivity contribution in [3.8, 4) is 16.9 Å². The van der Waals surface area contributed by atoms with E-state index in [9.17, 15) is 4.79 Å². The standard InChI is InChI=1S/C28H34N4O3S/c1-19-24-25(23(17-29-19)20-5-7-21(8-6-20)35-22-9-15-34-16-10-22)36-26(30-24)31-27(33)32-14-13-28(18-32)11-3-2-4-12-28/h5-8,17,22H,2-4,9-16,18H2,1H3,(H,30,31,33). The van der Waals surface area contributed by atoms with E-state index >= 15 is 0 Å². The number of anilines is 1. The number of nitrogens with zero attached hydrogens (tertiary/aromatic N) is 3. The second-order valence-corrected chi connectivity index (χ2v) is 11.6. The van der Waals surface area contributed by atoms with Gasteiger partial charge in [-0.15, -0.1) is 0 Å². The Hall–Kier alpha value is -2.71. The van der Waals surface area contributed by atoms with Crippen molar-refractivity contribution in [2.45, 2.75) is 64.4 Å². The molecule has 2 amide bonds. The smallest absolute Gasteiger partial charge is 0.323 e. The van der Waals surface area contributed by atoms with Gasteiger partial charge in [-0.25, -0.2) is 9.78 Å². The Balaban J connectivity index is 1.18. The molecule has 7 nitrogen and oxygen atoms in total. The molecule has 190 valence electrons. The molecule has 3 aromatic rings. The van der Waals surface area contributed by atoms with Gasteiger partial charge >= 0.3 is 6.03 Å². The van der Waals surface area contributed by atoms with Crippen LogP contribution in [0.2, 0.25) is 0 Å². The summed E-state index contributed by atoms with van der Waals surface area (Å²) in [5.41, 5.74) is 4.14. The van der Waals surface area contributed by atoms with Gasteiger partial charge in [-0.3, -0.25) is 10.3 Å². The second-order valence-electron chi connectivity index (χ2n) is 10.6. The third kappa shape index (κ3) is 4.81. The molecule has 2 aromatic heterocycles. The van der Waals surface area contributed by atoms with Crippen LogP contribution in [0.3, 0.4) is 0 Å². The van der Waals surface area contributed by atoms with E-state index in [1.807, 2.05) is 30.2 Å². The Labute approximate surface area is 216 Å². The monoisotopic (exact) mass is 506 g/mol. The van der Waals surface area contributed by atoms with Gasteiger partial charge in [0.1, 0.15) is 17.4 Å². The summed E-state index contributed by atoms with van der Waals surface area (Å²) in [4.78, 5) is 24.5. The fraction of sp³-hybridized carbons (Fsp3) is 0.536. The number of nitrogens with one attached hydrogen (secondary N) is 1. The van der Waals surface area contributed by atoms with Gasteiger partial charge in [-0.1, -0.05) is 42.7 Å². The zero-order chi connectivity index (χ0) is 24.5. The quantitative estimate of drug-likeness (QED) is 0.442. The number of rotatable bonds is 4. The van der Waals surface area contributed by atoms with Gasteiger partial charge in [0.05, 0.1) is 23.6 Å². The fourth-order valence-corrected chi connectivity index (χ4v) is 7.02. The van der Waals surface area contributed by atoms with Gasteiger partial charge in [0.2, 0.25) is 0 Å². The van der Waals surface area contributed by atoms with Crippen LogP contribution >= 0.6 is 11.3 Å². The second kappa shape index (κ2) is 9.98. The first-order valence-electron chi connectivity index (χ1n) is 13.3. The number of hydrogen-bond acceptors (Lipinski definition) is 6. The Morgan fingerprint density at radius 3 is 2.69 bits per heavy atom. The van der Waals surface area contributed by atoms with E-state index in [1.165, 1.54) is 43.4 Å². The van der Waals surface area contributed by atoms with Crippen molar-refractivity contribution in [1.29, 1.82) is 0 Å². The number of pyridine rings is 1. The molecule has 6 rings (SSSR count). The van der Waals surface area contributed by atoms with Crippen molar-refractivity contribution >= 4 is 32.7 Å². The predicted molar refractivity (Wildman–Crippen MR) is 143 cm³/mol. The number of thiazole rings is 1. The van der Waals surface area contributed by atoms with Crippen LogP contribution < -0.4 is 10.1 Å². The van der Waals surface area contributed by atoms with Crippen LogP contribution in [0.5, 0.6) is 5.75 Å². The normalized spacial score (nSPS) is 20.2. The van der Waals surface area contributed by atoms with E-state index in [0.29, 0.717) is 10.5 Å². The third-order valence-corrected chi connectivity index (χ3v) is 9.10. The molecule has 1 N–H and O–H groups in total. The van der Waals surface area contributed by atoms with Crippen LogP contribution in [0, 0.1) is 12.3 Å². The lowest BCUT2D eigenvalue weighted by Gasteiger charge is -2.33. The van der Waals surface area contributed by atoms with E-state index in [4.69, 9.17) is 14.5 Å². The zero-order valence-electron chi connectivity index (χ0n) is 20.9. The summed E-state index contributed by atoms with van der Waals surface area (Å²) in [5.74, 6) is 0.876. The molecule has 0 unspecified atom stereocenters. The van der Waals surface area contributed by atoms with Gasteiger partial charge in [-0.2, -0.15) is 0 Å². The first-order chi connectivity index (χ1) is 17.6. The van der Waals surface area contributed by atoms with Gasteiger partial charge < -0.3 is 14.4 Å². The highest BCUT2D eigenvalue weighted by Crippen LogP contribution is 2.44. The SMILES string of the molecule is Cc1ncc(-c2ccc(OC3CCOCC3)cc2)c2sc(NC(=O)N3CCC4(CCCCC4)C3)nc12. The number of urea groups is 1. The fourth-order valence-electron chi connectivity index (χ4n) is 5.98. The number of hydrogen-bond donors (Lipinski definition) is 1. The molecule has 36 heavy (non-hydrogen) atoms. The predicted octanol–water partition coefficient (Wildman–Crippen LogP) is 6.41. The molecule has 0 bridgehead atoms. The number of carbonyl (C=O) groups is 1. The number of likely N-dealkylation sites (tertiary alicyclic amines) is 1. The van der Waals surface area contributed by atoms with Crippen LogP contribution in [0.15, 0.2) is 30.5 Å². The minimum absolute atomic E-state index is 0.0294. The van der Waals surface area contributed by atoms with E-state index in [1.54, 1.807) is 0 Å². The molecule has 3 fully saturated rings. The van der Waals surface area contributed by atoms with E-state index in [2.05, 4.69) is 22.4 Å². The van der Waals surface area contributed by atoms with Gasteiger partial charge in [0, 0.05) is 37.7 Å². The van der Waals surface area contributed by atoms with Crippen molar-refractivity contribution in [1.82, 2.24) is 14.9 Å². The van der Waals surface area contributed by atoms with Crippen LogP contribution in [-0.4, -0.2) is 53.3 Å². The first-order valence-corrected chi connectivity index (χ1v) is 14.1. The highest BCUT2D eigenvalue weighted by atomic mass is 32.1. The van der Waals surface area contributed by atoms with Crippen molar-refractivity contribution in [3.63, 3.8) is 0 Å². The molecule has 2 saturated heterocycles. The number of aryl methyl sites for hydroxylation is 1. The maximum absolute atomic E-state index is 13.1. The molecule has 4 heterocycles. The number of benzene rings is 1. The summed E-state index contributed by atoms with van der Waals surface area (Å²) in [6, 6.07) is 8.17. The molecule has 0 radical (unpaired) electrons. The first kappa shape index (κ1) is 23.7. The van der Waals surface area contributed by atoms with E-state index in [0.717, 1.165) is 78.4 Å². The number of amides is 2. The molecule has 1 spiro atoms. The molecular weight excluding hydrogens is 472 g/mol. The summed E-state index contributed by atoms with van der Waals surface area (Å²) in [5, 5.41) is 3.73. The minimum atomic E-state index is -0.0294. The minimum Gasteiger partial charge on any atom is -0.490 e. The zero-order valence-corrected chi connectivity index (χ0v) is 21.7. The molecule has 8 heteroatoms. The Kier molecular flexibility index (Phi) is 6.56. The highest BCUT2D eigenvalue weighted by molar-refractivity contribution is 7.22. The lowest BCUT2D eigenvalue weighted by molar-refractivity contribution is 0.0256. The van der Waals surface area contributed by atoms with E-state index in [-0.39, 0.29) is 12.1 Å². The van der Waals surface area contributed by atoms with Crippen molar-refractivity contribution in [2.75, 3.05) is 31.6 Å². The van der Waals surface area contributed by atoms with E-state index < -0.39 is 0 Å². The molecule has 0 atom stereocenters. The molecule has 1 aromatic carbocycles. The topological polar surface area (TPSA) is 76.6 Å². The molecule has 1 aliphatic carbocycles. The van der Waals surface area contributed by atoms with Crippen LogP contribution in [0.1, 0.15) is 57.1 Å². The number of ether oxygens (including phenoxy) is 2. The summed E-state index contributed by atoms with van der Waals surface area (Å²) >= 11 is 1.52. The average Bonchev–Trinajstić information content (AvgIpc) is 3.51. The number of carbonyl (C=O) groups excluding carboxylic acids is 1. The molecule has 1 saturated carbocycles. The Bertz CT molecular complexity index is 1230. The van der Waals surface area contributed by atoms with Crippen molar-refractivity contribution < 1.29 is 14.3 Å². The third-order valence-electron chi connectivity index (χ3n) is 8.09. The lowest BCUT2D eigenvalue weighted by atomic mass is 9.73. The number of fused-ring (bicyclic) bond motifs is 1. The van der Waals surface area contributed by atoms with Gasteiger partial charge in [0.15, 0.2) is 5.13 Å². The Morgan fingerprint density at radius 1 is 1.14 bits per heavy atom. The number of aromatic nitrogens is 2. The van der Waals surface area contributed by atoms with Crippen LogP contribution in [0.25, 0.3) is 21.3 Å². The molecule has 2 aliphatic heterocycles. The van der Waals surface area contributed by atoms with Crippen molar-refractivity contribution in [2.24, 2.45) is 5.41 Å². The summed E-state index contributed by atoms with van der Waals surface area (Å²) in [6.07, 6.45) is 11.5. The summed E-state index contributed by atoms with van der Waals surface area (Å²) < 4.78 is 12.6. The summed E-state index contributed by atoms with van der Waals surface area (Å²) in [6.45, 7) is 5.20. The van der Waals surface area contributed by atoms with Gasteiger partial charge in [0.25, 0.3) is 0 Å². The van der Waals surface area contributed by atoms with Crippen molar-refractivity contribution in [3.05, 3.63) is 36.2 Å². The maximum Gasteiger partial charge on any atom is 0.323 e. The molecule has 3 aliphatic rings. The van der Waals surface area contributed by atoms with Crippen LogP contribution in [0.4, 0.5) is 9.93 Å². The van der Waals surface area contributed by atoms with Gasteiger partial charge in [-0.05, 0) is 49.3 Å². The molecular formula is C28H34N4O3S. The highest BCUT2D eigenvalue weighted by Gasteiger charge is 2.40.